The third-order valence-corrected chi connectivity index (χ3v) is 5.78. The van der Waals surface area contributed by atoms with Crippen LogP contribution in [-0.4, -0.2) is 11.8 Å². The van der Waals surface area contributed by atoms with Gasteiger partial charge in [0.25, 0.3) is 11.8 Å². The van der Waals surface area contributed by atoms with Crippen LogP contribution in [0.1, 0.15) is 55.6 Å². The van der Waals surface area contributed by atoms with Gasteiger partial charge in [0.2, 0.25) is 0 Å². The Morgan fingerprint density at radius 1 is 1.29 bits per heavy atom. The number of rotatable bonds is 3. The molecule has 5 heteroatoms. The molecule has 2 aromatic rings. The molecule has 0 fully saturated rings. The van der Waals surface area contributed by atoms with Crippen molar-refractivity contribution in [1.29, 1.82) is 0 Å². The largest absolute Gasteiger partial charge is 0.365 e. The average Bonchev–Trinajstić information content (AvgIpc) is 2.83. The summed E-state index contributed by atoms with van der Waals surface area (Å²) >= 11 is 1.49. The van der Waals surface area contributed by atoms with Crippen LogP contribution in [0.5, 0.6) is 0 Å². The van der Waals surface area contributed by atoms with Crippen LogP contribution < -0.4 is 11.1 Å². The van der Waals surface area contributed by atoms with Crippen LogP contribution >= 0.6 is 11.3 Å². The molecule has 3 rings (SSSR count). The van der Waals surface area contributed by atoms with Gasteiger partial charge in [-0.3, -0.25) is 9.59 Å². The molecule has 126 valence electrons. The van der Waals surface area contributed by atoms with Gasteiger partial charge in [-0.1, -0.05) is 24.6 Å². The number of carbonyl (C=O) groups excluding carboxylic acids is 2. The van der Waals surface area contributed by atoms with E-state index in [1.165, 1.54) is 16.2 Å². The van der Waals surface area contributed by atoms with Crippen molar-refractivity contribution in [2.45, 2.75) is 40.0 Å². The summed E-state index contributed by atoms with van der Waals surface area (Å²) < 4.78 is 0. The molecule has 1 atom stereocenters. The quantitative estimate of drug-likeness (QED) is 0.889. The fourth-order valence-corrected chi connectivity index (χ4v) is 4.75. The van der Waals surface area contributed by atoms with Crippen LogP contribution in [0.15, 0.2) is 18.2 Å². The van der Waals surface area contributed by atoms with Crippen molar-refractivity contribution in [3.05, 3.63) is 50.9 Å². The zero-order valence-electron chi connectivity index (χ0n) is 14.2. The molecular formula is C19H22N2O2S. The second-order valence-electron chi connectivity index (χ2n) is 6.69. The van der Waals surface area contributed by atoms with Gasteiger partial charge in [0, 0.05) is 10.4 Å². The number of thiophene rings is 1. The molecule has 2 amide bonds. The highest BCUT2D eigenvalue weighted by atomic mass is 32.1. The lowest BCUT2D eigenvalue weighted by molar-refractivity contribution is 0.1000. The van der Waals surface area contributed by atoms with E-state index in [9.17, 15) is 9.59 Å². The molecular weight excluding hydrogens is 320 g/mol. The van der Waals surface area contributed by atoms with E-state index in [0.29, 0.717) is 22.0 Å². The monoisotopic (exact) mass is 342 g/mol. The highest BCUT2D eigenvalue weighted by molar-refractivity contribution is 7.17. The molecule has 0 bridgehead atoms. The van der Waals surface area contributed by atoms with Gasteiger partial charge >= 0.3 is 0 Å². The third-order valence-electron chi connectivity index (χ3n) is 4.61. The van der Waals surface area contributed by atoms with Crippen LogP contribution in [-0.2, 0) is 12.8 Å². The Morgan fingerprint density at radius 2 is 2.04 bits per heavy atom. The Kier molecular flexibility index (Phi) is 4.45. The van der Waals surface area contributed by atoms with Crippen molar-refractivity contribution in [2.24, 2.45) is 11.7 Å². The normalized spacial score (nSPS) is 16.5. The lowest BCUT2D eigenvalue weighted by Crippen LogP contribution is -2.19. The van der Waals surface area contributed by atoms with Gasteiger partial charge in [0.05, 0.1) is 5.56 Å². The lowest BCUT2D eigenvalue weighted by Gasteiger charge is -2.18. The maximum atomic E-state index is 12.6. The summed E-state index contributed by atoms with van der Waals surface area (Å²) in [5.41, 5.74) is 9.78. The van der Waals surface area contributed by atoms with E-state index in [4.69, 9.17) is 5.73 Å². The van der Waals surface area contributed by atoms with Crippen LogP contribution in [0.25, 0.3) is 0 Å². The van der Waals surface area contributed by atoms with Crippen molar-refractivity contribution >= 4 is 28.2 Å². The van der Waals surface area contributed by atoms with E-state index in [2.05, 4.69) is 12.2 Å². The molecule has 1 aromatic heterocycles. The summed E-state index contributed by atoms with van der Waals surface area (Å²) in [6.45, 7) is 6.12. The van der Waals surface area contributed by atoms with Crippen LogP contribution in [0, 0.1) is 19.8 Å². The van der Waals surface area contributed by atoms with Gasteiger partial charge in [-0.2, -0.15) is 0 Å². The maximum Gasteiger partial charge on any atom is 0.256 e. The van der Waals surface area contributed by atoms with Crippen LogP contribution in [0.2, 0.25) is 0 Å². The third kappa shape index (κ3) is 3.08. The highest BCUT2D eigenvalue weighted by Crippen LogP contribution is 2.39. The van der Waals surface area contributed by atoms with Gasteiger partial charge in [-0.15, -0.1) is 11.3 Å². The Balaban J connectivity index is 1.95. The molecule has 24 heavy (non-hydrogen) atoms. The predicted molar refractivity (Wildman–Crippen MR) is 97.9 cm³/mol. The number of carbonyl (C=O) groups is 2. The zero-order valence-corrected chi connectivity index (χ0v) is 15.0. The predicted octanol–water partition coefficient (Wildman–Crippen LogP) is 3.84. The number of fused-ring (bicyclic) bond motifs is 1. The minimum Gasteiger partial charge on any atom is -0.365 e. The number of hydrogen-bond acceptors (Lipinski definition) is 3. The second-order valence-corrected chi connectivity index (χ2v) is 7.80. The minimum absolute atomic E-state index is 0.193. The first-order valence-corrected chi connectivity index (χ1v) is 9.01. The Labute approximate surface area is 146 Å². The Hall–Kier alpha value is -2.14. The number of amides is 2. The number of aryl methyl sites for hydroxylation is 2. The van der Waals surface area contributed by atoms with Crippen molar-refractivity contribution in [3.8, 4) is 0 Å². The topological polar surface area (TPSA) is 72.2 Å². The molecule has 1 heterocycles. The van der Waals surface area contributed by atoms with Gasteiger partial charge in [-0.05, 0) is 56.2 Å². The molecule has 0 aliphatic heterocycles. The van der Waals surface area contributed by atoms with Crippen molar-refractivity contribution in [3.63, 3.8) is 0 Å². The van der Waals surface area contributed by atoms with Crippen LogP contribution in [0.4, 0.5) is 5.00 Å². The molecule has 1 aromatic carbocycles. The lowest BCUT2D eigenvalue weighted by atomic mass is 9.88. The maximum absolute atomic E-state index is 12.6. The molecule has 1 aliphatic carbocycles. The fourth-order valence-electron chi connectivity index (χ4n) is 3.34. The average molecular weight is 342 g/mol. The van der Waals surface area contributed by atoms with E-state index in [1.807, 2.05) is 32.0 Å². The number of hydrogen-bond donors (Lipinski definition) is 2. The molecule has 4 nitrogen and oxygen atoms in total. The van der Waals surface area contributed by atoms with E-state index >= 15 is 0 Å². The minimum atomic E-state index is -0.460. The fraction of sp³-hybridized carbons (Fsp3) is 0.368. The van der Waals surface area contributed by atoms with Gasteiger partial charge in [0.1, 0.15) is 5.00 Å². The molecule has 0 spiro atoms. The first kappa shape index (κ1) is 16.7. The summed E-state index contributed by atoms with van der Waals surface area (Å²) in [5.74, 6) is -0.0561. The smallest absolute Gasteiger partial charge is 0.256 e. The van der Waals surface area contributed by atoms with E-state index in [1.54, 1.807) is 0 Å². The molecule has 0 saturated carbocycles. The number of primary amides is 1. The van der Waals surface area contributed by atoms with E-state index < -0.39 is 5.91 Å². The van der Waals surface area contributed by atoms with Crippen LogP contribution in [0.3, 0.4) is 0 Å². The SMILES string of the molecule is Cc1ccc(C(=O)Nc2sc3c(c2C(N)=O)CC[C@@H](C)C3)c(C)c1. The molecule has 0 radical (unpaired) electrons. The number of benzene rings is 1. The standard InChI is InChI=1S/C19H22N2O2S/c1-10-4-6-13(12(3)8-10)18(23)21-19-16(17(20)22)14-7-5-11(2)9-15(14)24-19/h4,6,8,11H,5,7,9H2,1-3H3,(H2,20,22)(H,21,23)/t11-/m1/s1. The van der Waals surface area contributed by atoms with E-state index in [-0.39, 0.29) is 5.91 Å². The summed E-state index contributed by atoms with van der Waals surface area (Å²) in [6, 6.07) is 5.71. The summed E-state index contributed by atoms with van der Waals surface area (Å²) in [6.07, 6.45) is 2.85. The first-order valence-electron chi connectivity index (χ1n) is 8.19. The summed E-state index contributed by atoms with van der Waals surface area (Å²) in [7, 11) is 0. The molecule has 1 aliphatic rings. The van der Waals surface area contributed by atoms with Crippen molar-refractivity contribution < 1.29 is 9.59 Å². The van der Waals surface area contributed by atoms with Gasteiger partial charge < -0.3 is 11.1 Å². The molecule has 0 saturated heterocycles. The zero-order chi connectivity index (χ0) is 17.4. The number of nitrogens with two attached hydrogens (primary N) is 1. The first-order chi connectivity index (χ1) is 11.4. The number of anilines is 1. The Bertz CT molecular complexity index is 823. The van der Waals surface area contributed by atoms with Gasteiger partial charge in [-0.25, -0.2) is 0 Å². The van der Waals surface area contributed by atoms with Crippen molar-refractivity contribution in [1.82, 2.24) is 0 Å². The van der Waals surface area contributed by atoms with Crippen molar-refractivity contribution in [2.75, 3.05) is 5.32 Å². The van der Waals surface area contributed by atoms with Gasteiger partial charge in [0.15, 0.2) is 0 Å². The summed E-state index contributed by atoms with van der Waals surface area (Å²) in [5, 5.41) is 3.51. The highest BCUT2D eigenvalue weighted by Gasteiger charge is 2.27. The Morgan fingerprint density at radius 3 is 2.71 bits per heavy atom. The van der Waals surface area contributed by atoms with E-state index in [0.717, 1.165) is 36.0 Å². The molecule has 0 unspecified atom stereocenters. The second kappa shape index (κ2) is 6.40. The number of nitrogens with one attached hydrogen (secondary N) is 1. The summed E-state index contributed by atoms with van der Waals surface area (Å²) in [4.78, 5) is 25.8. The molecule has 3 N–H and O–H groups in total.